The van der Waals surface area contributed by atoms with Crippen LogP contribution in [0.2, 0.25) is 0 Å². The molecule has 1 saturated carbocycles. The Morgan fingerprint density at radius 3 is 1.38 bits per heavy atom. The molecule has 0 amide bonds. The Hall–Kier alpha value is -0.0400. The summed E-state index contributed by atoms with van der Waals surface area (Å²) in [6.07, 6.45) is 15.5. The zero-order chi connectivity index (χ0) is 8.93. The standard InChI is InChI=1S/C12H22O/c1-2-4-6-8-10-12-11(13-12)9-7-5-3-1/h11-12H,1-10H2. The maximum atomic E-state index is 5.63. The molecule has 2 aliphatic rings. The Bertz CT molecular complexity index is 128. The molecule has 1 saturated heterocycles. The number of hydrogen-bond donors (Lipinski definition) is 0. The average Bonchev–Trinajstić information content (AvgIpc) is 2.83. The molecule has 0 aromatic heterocycles. The zero-order valence-corrected chi connectivity index (χ0v) is 8.63. The van der Waals surface area contributed by atoms with Gasteiger partial charge in [-0.3, -0.25) is 0 Å². The molecule has 2 fully saturated rings. The highest BCUT2D eigenvalue weighted by Gasteiger charge is 2.36. The molecule has 1 aliphatic carbocycles. The molecule has 1 nitrogen and oxygen atoms in total. The molecule has 0 bridgehead atoms. The highest BCUT2D eigenvalue weighted by molar-refractivity contribution is 4.84. The van der Waals surface area contributed by atoms with Crippen molar-refractivity contribution in [3.05, 3.63) is 0 Å². The van der Waals surface area contributed by atoms with E-state index in [4.69, 9.17) is 4.74 Å². The van der Waals surface area contributed by atoms with E-state index in [9.17, 15) is 0 Å². The molecule has 0 aromatic carbocycles. The second-order valence-corrected chi connectivity index (χ2v) is 4.62. The molecular formula is C12H22O. The van der Waals surface area contributed by atoms with E-state index < -0.39 is 0 Å². The molecule has 2 atom stereocenters. The van der Waals surface area contributed by atoms with E-state index in [0.29, 0.717) is 12.2 Å². The van der Waals surface area contributed by atoms with Gasteiger partial charge in [0.1, 0.15) is 0 Å². The summed E-state index contributed by atoms with van der Waals surface area (Å²) in [6.45, 7) is 0. The fourth-order valence-corrected chi connectivity index (χ4v) is 2.44. The second kappa shape index (κ2) is 4.99. The number of ether oxygens (including phenoxy) is 1. The number of fused-ring (bicyclic) bond motifs is 1. The van der Waals surface area contributed by atoms with Crippen LogP contribution in [0.15, 0.2) is 0 Å². The maximum Gasteiger partial charge on any atom is 0.0841 e. The minimum Gasteiger partial charge on any atom is -0.370 e. The SMILES string of the molecule is C1CCCCCC2OC2CCCC1. The lowest BCUT2D eigenvalue weighted by Crippen LogP contribution is -1.95. The topological polar surface area (TPSA) is 12.5 Å². The highest BCUT2D eigenvalue weighted by Crippen LogP contribution is 2.32. The van der Waals surface area contributed by atoms with Gasteiger partial charge in [0.2, 0.25) is 0 Å². The maximum absolute atomic E-state index is 5.63. The van der Waals surface area contributed by atoms with Crippen molar-refractivity contribution in [1.29, 1.82) is 0 Å². The van der Waals surface area contributed by atoms with Crippen molar-refractivity contribution in [3.63, 3.8) is 0 Å². The first-order valence-corrected chi connectivity index (χ1v) is 6.12. The summed E-state index contributed by atoms with van der Waals surface area (Å²) in [5, 5.41) is 0. The third kappa shape index (κ3) is 3.30. The summed E-state index contributed by atoms with van der Waals surface area (Å²) >= 11 is 0. The van der Waals surface area contributed by atoms with Crippen LogP contribution in [0, 0.1) is 0 Å². The lowest BCUT2D eigenvalue weighted by Gasteiger charge is -2.03. The Morgan fingerprint density at radius 1 is 0.538 bits per heavy atom. The van der Waals surface area contributed by atoms with Gasteiger partial charge in [-0.15, -0.1) is 0 Å². The molecule has 2 rings (SSSR count). The van der Waals surface area contributed by atoms with E-state index in [2.05, 4.69) is 0 Å². The quantitative estimate of drug-likeness (QED) is 0.521. The molecule has 0 N–H and O–H groups in total. The summed E-state index contributed by atoms with van der Waals surface area (Å²) in [5.41, 5.74) is 0. The van der Waals surface area contributed by atoms with E-state index in [-0.39, 0.29) is 0 Å². The van der Waals surface area contributed by atoms with Crippen LogP contribution >= 0.6 is 0 Å². The predicted molar refractivity (Wildman–Crippen MR) is 54.8 cm³/mol. The Kier molecular flexibility index (Phi) is 3.65. The summed E-state index contributed by atoms with van der Waals surface area (Å²) in [5.74, 6) is 0. The normalized spacial score (nSPS) is 36.9. The van der Waals surface area contributed by atoms with Gasteiger partial charge in [0.25, 0.3) is 0 Å². The van der Waals surface area contributed by atoms with Crippen molar-refractivity contribution in [1.82, 2.24) is 0 Å². The lowest BCUT2D eigenvalue weighted by atomic mass is 10.0. The first kappa shape index (κ1) is 9.51. The van der Waals surface area contributed by atoms with E-state index in [1.807, 2.05) is 0 Å². The van der Waals surface area contributed by atoms with Crippen LogP contribution in [0.1, 0.15) is 64.2 Å². The summed E-state index contributed by atoms with van der Waals surface area (Å²) in [7, 11) is 0. The van der Waals surface area contributed by atoms with Crippen molar-refractivity contribution in [2.24, 2.45) is 0 Å². The minimum absolute atomic E-state index is 0.666. The smallest absolute Gasteiger partial charge is 0.0841 e. The van der Waals surface area contributed by atoms with Crippen molar-refractivity contribution in [2.45, 2.75) is 76.4 Å². The van der Waals surface area contributed by atoms with Crippen LogP contribution < -0.4 is 0 Å². The van der Waals surface area contributed by atoms with Crippen LogP contribution in [0.3, 0.4) is 0 Å². The molecular weight excluding hydrogens is 160 g/mol. The monoisotopic (exact) mass is 182 g/mol. The molecule has 0 aromatic rings. The molecule has 1 aliphatic heterocycles. The van der Waals surface area contributed by atoms with Gasteiger partial charge in [0.05, 0.1) is 12.2 Å². The Balaban J connectivity index is 1.66. The Labute approximate surface area is 81.9 Å². The Morgan fingerprint density at radius 2 is 0.923 bits per heavy atom. The van der Waals surface area contributed by atoms with Gasteiger partial charge in [-0.1, -0.05) is 51.4 Å². The number of hydrogen-bond acceptors (Lipinski definition) is 1. The number of epoxide rings is 1. The van der Waals surface area contributed by atoms with Crippen molar-refractivity contribution < 1.29 is 4.74 Å². The fourth-order valence-electron chi connectivity index (χ4n) is 2.44. The van der Waals surface area contributed by atoms with E-state index >= 15 is 0 Å². The third-order valence-electron chi connectivity index (χ3n) is 3.41. The molecule has 1 heterocycles. The van der Waals surface area contributed by atoms with Gasteiger partial charge in [-0.05, 0) is 12.8 Å². The van der Waals surface area contributed by atoms with Gasteiger partial charge in [-0.25, -0.2) is 0 Å². The number of rotatable bonds is 0. The first-order valence-electron chi connectivity index (χ1n) is 6.12. The van der Waals surface area contributed by atoms with Gasteiger partial charge in [-0.2, -0.15) is 0 Å². The predicted octanol–water partition coefficient (Wildman–Crippen LogP) is 3.67. The van der Waals surface area contributed by atoms with E-state index in [1.165, 1.54) is 64.2 Å². The van der Waals surface area contributed by atoms with Gasteiger partial charge >= 0.3 is 0 Å². The summed E-state index contributed by atoms with van der Waals surface area (Å²) in [6, 6.07) is 0. The minimum atomic E-state index is 0.666. The second-order valence-electron chi connectivity index (χ2n) is 4.62. The lowest BCUT2D eigenvalue weighted by molar-refractivity contribution is 0.349. The van der Waals surface area contributed by atoms with E-state index in [1.54, 1.807) is 0 Å². The molecule has 0 spiro atoms. The molecule has 0 radical (unpaired) electrons. The van der Waals surface area contributed by atoms with Gasteiger partial charge < -0.3 is 4.74 Å². The van der Waals surface area contributed by atoms with Crippen molar-refractivity contribution in [3.8, 4) is 0 Å². The van der Waals surface area contributed by atoms with Crippen LogP contribution in [0.25, 0.3) is 0 Å². The van der Waals surface area contributed by atoms with Crippen LogP contribution in [-0.4, -0.2) is 12.2 Å². The average molecular weight is 182 g/mol. The zero-order valence-electron chi connectivity index (χ0n) is 8.63. The molecule has 2 unspecified atom stereocenters. The molecule has 76 valence electrons. The van der Waals surface area contributed by atoms with Gasteiger partial charge in [0.15, 0.2) is 0 Å². The summed E-state index contributed by atoms with van der Waals surface area (Å²) < 4.78 is 5.63. The summed E-state index contributed by atoms with van der Waals surface area (Å²) in [4.78, 5) is 0. The largest absolute Gasteiger partial charge is 0.370 e. The molecule has 13 heavy (non-hydrogen) atoms. The van der Waals surface area contributed by atoms with Crippen molar-refractivity contribution >= 4 is 0 Å². The first-order chi connectivity index (χ1) is 6.47. The van der Waals surface area contributed by atoms with Crippen LogP contribution in [-0.2, 0) is 4.74 Å². The van der Waals surface area contributed by atoms with Gasteiger partial charge in [0, 0.05) is 0 Å². The van der Waals surface area contributed by atoms with Crippen LogP contribution in [0.5, 0.6) is 0 Å². The van der Waals surface area contributed by atoms with Crippen molar-refractivity contribution in [2.75, 3.05) is 0 Å². The van der Waals surface area contributed by atoms with Crippen LogP contribution in [0.4, 0.5) is 0 Å². The molecule has 1 heteroatoms. The highest BCUT2D eigenvalue weighted by atomic mass is 16.6. The fraction of sp³-hybridized carbons (Fsp3) is 1.00. The third-order valence-corrected chi connectivity index (χ3v) is 3.41. The van der Waals surface area contributed by atoms with E-state index in [0.717, 1.165) is 0 Å².